The second kappa shape index (κ2) is 12.8. The number of amides is 1. The predicted octanol–water partition coefficient (Wildman–Crippen LogP) is 5.57. The second-order valence-corrected chi connectivity index (χ2v) is 15.3. The molecule has 4 rings (SSSR count). The summed E-state index contributed by atoms with van der Waals surface area (Å²) in [5.41, 5.74) is 3.23. The maximum atomic E-state index is 13.8. The van der Waals surface area contributed by atoms with Crippen molar-refractivity contribution in [3.8, 4) is 0 Å². The molecule has 0 aliphatic carbocycles. The highest BCUT2D eigenvalue weighted by Crippen LogP contribution is 2.38. The zero-order valence-corrected chi connectivity index (χ0v) is 27.5. The summed E-state index contributed by atoms with van der Waals surface area (Å²) in [6.07, 6.45) is 0.704. The Morgan fingerprint density at radius 3 is 2.17 bits per heavy atom. The van der Waals surface area contributed by atoms with Gasteiger partial charge in [-0.15, -0.1) is 11.3 Å². The molecular weight excluding hydrogens is 571 g/mol. The summed E-state index contributed by atoms with van der Waals surface area (Å²) in [4.78, 5) is 30.8. The molecule has 0 spiro atoms. The number of hydrogen-bond acceptors (Lipinski definition) is 7. The van der Waals surface area contributed by atoms with Gasteiger partial charge in [0.15, 0.2) is 0 Å². The van der Waals surface area contributed by atoms with E-state index in [0.717, 1.165) is 28.4 Å². The molecule has 1 aliphatic heterocycles. The van der Waals surface area contributed by atoms with Crippen LogP contribution in [0.5, 0.6) is 0 Å². The lowest BCUT2D eigenvalue weighted by atomic mass is 10.0. The number of anilines is 1. The molecule has 11 heteroatoms. The summed E-state index contributed by atoms with van der Waals surface area (Å²) in [6, 6.07) is 8.25. The third-order valence-corrected chi connectivity index (χ3v) is 10.3. The summed E-state index contributed by atoms with van der Waals surface area (Å²) in [5.74, 6) is -0.302. The highest BCUT2D eigenvalue weighted by atomic mass is 32.2. The SMILES string of the molecule is Cc1cc(C)n(C(=O)c2c(NC(=O)c3ccc(S(=O)(=O)N(CC(C)C)CC(C)C)cc3)sc3c2CCN(C(C)C)C3)n1. The van der Waals surface area contributed by atoms with Crippen LogP contribution in [0.3, 0.4) is 0 Å². The first-order valence-electron chi connectivity index (χ1n) is 14.6. The normalized spacial score (nSPS) is 14.3. The Morgan fingerprint density at radius 2 is 1.64 bits per heavy atom. The van der Waals surface area contributed by atoms with Crippen molar-refractivity contribution in [2.75, 3.05) is 25.0 Å². The zero-order valence-electron chi connectivity index (χ0n) is 25.9. The number of rotatable bonds is 10. The highest BCUT2D eigenvalue weighted by Gasteiger charge is 2.31. The molecule has 0 saturated heterocycles. The van der Waals surface area contributed by atoms with Crippen LogP contribution in [0, 0.1) is 25.7 Å². The first-order valence-corrected chi connectivity index (χ1v) is 16.8. The van der Waals surface area contributed by atoms with Crippen molar-refractivity contribution in [2.45, 2.75) is 79.3 Å². The molecule has 42 heavy (non-hydrogen) atoms. The van der Waals surface area contributed by atoms with E-state index < -0.39 is 15.9 Å². The number of benzene rings is 1. The van der Waals surface area contributed by atoms with Gasteiger partial charge in [-0.1, -0.05) is 27.7 Å². The molecule has 0 bridgehead atoms. The maximum absolute atomic E-state index is 13.8. The lowest BCUT2D eigenvalue weighted by Crippen LogP contribution is -2.37. The van der Waals surface area contributed by atoms with Crippen molar-refractivity contribution >= 4 is 38.2 Å². The standard InChI is InChI=1S/C31H43N5O4S2/c1-19(2)16-35(17-20(3)4)42(39,40)25-11-9-24(10-12-25)29(37)32-30-28(31(38)36-23(8)15-22(7)33-36)26-13-14-34(21(5)6)18-27(26)41-30/h9-12,15,19-21H,13-14,16-18H2,1-8H3,(H,32,37). The number of nitrogens with one attached hydrogen (secondary N) is 1. The van der Waals surface area contributed by atoms with E-state index in [4.69, 9.17) is 0 Å². The fourth-order valence-corrected chi connectivity index (χ4v) is 8.33. The third-order valence-electron chi connectivity index (χ3n) is 7.35. The fourth-order valence-electron chi connectivity index (χ4n) is 5.31. The summed E-state index contributed by atoms with van der Waals surface area (Å²) in [5, 5.41) is 7.87. The lowest BCUT2D eigenvalue weighted by Gasteiger charge is -2.30. The first-order chi connectivity index (χ1) is 19.7. The molecule has 1 aromatic carbocycles. The molecular formula is C31H43N5O4S2. The van der Waals surface area contributed by atoms with Gasteiger partial charge in [0.05, 0.1) is 16.2 Å². The van der Waals surface area contributed by atoms with E-state index in [9.17, 15) is 18.0 Å². The third kappa shape index (κ3) is 6.85. The largest absolute Gasteiger partial charge is 0.313 e. The Labute approximate surface area is 254 Å². The van der Waals surface area contributed by atoms with Gasteiger partial charge in [0.25, 0.3) is 11.8 Å². The predicted molar refractivity (Wildman–Crippen MR) is 168 cm³/mol. The monoisotopic (exact) mass is 613 g/mol. The van der Waals surface area contributed by atoms with Gasteiger partial charge >= 0.3 is 0 Å². The molecule has 2 aromatic heterocycles. The smallest absolute Gasteiger partial charge is 0.281 e. The minimum Gasteiger partial charge on any atom is -0.313 e. The number of nitrogens with zero attached hydrogens (tertiary/aromatic N) is 4. The number of carbonyl (C=O) groups excluding carboxylic acids is 2. The number of aryl methyl sites for hydroxylation is 2. The quantitative estimate of drug-likeness (QED) is 0.321. The van der Waals surface area contributed by atoms with Crippen LogP contribution >= 0.6 is 11.3 Å². The summed E-state index contributed by atoms with van der Waals surface area (Å²) in [7, 11) is -3.71. The van der Waals surface area contributed by atoms with Gasteiger partial charge < -0.3 is 5.32 Å². The number of hydrogen-bond donors (Lipinski definition) is 1. The summed E-state index contributed by atoms with van der Waals surface area (Å²) >= 11 is 1.43. The minimum atomic E-state index is -3.71. The summed E-state index contributed by atoms with van der Waals surface area (Å²) in [6.45, 7) is 18.3. The van der Waals surface area contributed by atoms with Gasteiger partial charge in [0.1, 0.15) is 5.00 Å². The average Bonchev–Trinajstić information content (AvgIpc) is 3.44. The maximum Gasteiger partial charge on any atom is 0.281 e. The molecule has 3 aromatic rings. The van der Waals surface area contributed by atoms with E-state index in [1.165, 1.54) is 44.6 Å². The van der Waals surface area contributed by atoms with Crippen LogP contribution < -0.4 is 5.32 Å². The van der Waals surface area contributed by atoms with Gasteiger partial charge in [0.2, 0.25) is 10.0 Å². The van der Waals surface area contributed by atoms with Crippen molar-refractivity contribution < 1.29 is 18.0 Å². The Kier molecular flexibility index (Phi) is 9.76. The number of carbonyl (C=O) groups is 2. The van der Waals surface area contributed by atoms with Crippen LogP contribution in [-0.4, -0.2) is 64.9 Å². The molecule has 3 heterocycles. The number of thiophene rings is 1. The van der Waals surface area contributed by atoms with E-state index in [1.807, 2.05) is 47.6 Å². The van der Waals surface area contributed by atoms with Crippen LogP contribution in [0.4, 0.5) is 5.00 Å². The topological polar surface area (TPSA) is 105 Å². The van der Waals surface area contributed by atoms with Gasteiger partial charge in [-0.25, -0.2) is 13.1 Å². The molecule has 0 atom stereocenters. The Bertz CT molecular complexity index is 1540. The van der Waals surface area contributed by atoms with Crippen LogP contribution in [0.25, 0.3) is 0 Å². The Balaban J connectivity index is 1.64. The molecule has 0 saturated carbocycles. The van der Waals surface area contributed by atoms with Gasteiger partial charge in [0, 0.05) is 48.4 Å². The highest BCUT2D eigenvalue weighted by molar-refractivity contribution is 7.89. The van der Waals surface area contributed by atoms with E-state index in [1.54, 1.807) is 0 Å². The van der Waals surface area contributed by atoms with Crippen LogP contribution in [0.15, 0.2) is 35.2 Å². The summed E-state index contributed by atoms with van der Waals surface area (Å²) < 4.78 is 29.8. The van der Waals surface area contributed by atoms with Crippen LogP contribution in [0.1, 0.15) is 84.1 Å². The number of sulfonamides is 1. The van der Waals surface area contributed by atoms with Crippen LogP contribution in [0.2, 0.25) is 0 Å². The van der Waals surface area contributed by atoms with Crippen molar-refractivity contribution in [3.05, 3.63) is 63.3 Å². The molecule has 0 fully saturated rings. The number of fused-ring (bicyclic) bond motifs is 1. The fraction of sp³-hybridized carbons (Fsp3) is 0.516. The lowest BCUT2D eigenvalue weighted by molar-refractivity contribution is 0.0941. The van der Waals surface area contributed by atoms with E-state index in [0.29, 0.717) is 48.2 Å². The first kappa shape index (κ1) is 32.1. The van der Waals surface area contributed by atoms with Crippen molar-refractivity contribution in [2.24, 2.45) is 11.8 Å². The van der Waals surface area contributed by atoms with Gasteiger partial charge in [-0.05, 0) is 81.8 Å². The van der Waals surface area contributed by atoms with Crippen molar-refractivity contribution in [1.29, 1.82) is 0 Å². The van der Waals surface area contributed by atoms with Gasteiger partial charge in [-0.2, -0.15) is 9.40 Å². The zero-order chi connectivity index (χ0) is 30.9. The number of aromatic nitrogens is 2. The Hall–Kier alpha value is -2.86. The van der Waals surface area contributed by atoms with Crippen LogP contribution in [-0.2, 0) is 23.0 Å². The van der Waals surface area contributed by atoms with Crippen molar-refractivity contribution in [1.82, 2.24) is 19.0 Å². The Morgan fingerprint density at radius 1 is 1.02 bits per heavy atom. The molecule has 1 amide bonds. The molecule has 0 unspecified atom stereocenters. The van der Waals surface area contributed by atoms with Gasteiger partial charge in [-0.3, -0.25) is 14.5 Å². The van der Waals surface area contributed by atoms with E-state index in [2.05, 4.69) is 29.2 Å². The average molecular weight is 614 g/mol. The van der Waals surface area contributed by atoms with E-state index >= 15 is 0 Å². The van der Waals surface area contributed by atoms with Crippen molar-refractivity contribution in [3.63, 3.8) is 0 Å². The molecule has 9 nitrogen and oxygen atoms in total. The molecule has 1 aliphatic rings. The second-order valence-electron chi connectivity index (χ2n) is 12.3. The molecule has 228 valence electrons. The molecule has 0 radical (unpaired) electrons. The molecule has 1 N–H and O–H groups in total. The minimum absolute atomic E-state index is 0.154. The van der Waals surface area contributed by atoms with E-state index in [-0.39, 0.29) is 22.6 Å².